The second-order valence-corrected chi connectivity index (χ2v) is 8.94. The molecule has 1 aliphatic heterocycles. The van der Waals surface area contributed by atoms with Crippen molar-refractivity contribution in [2.24, 2.45) is 5.92 Å². The van der Waals surface area contributed by atoms with Crippen LogP contribution in [0.5, 0.6) is 0 Å². The molecule has 3 heterocycles. The van der Waals surface area contributed by atoms with E-state index in [-0.39, 0.29) is 24.2 Å². The summed E-state index contributed by atoms with van der Waals surface area (Å²) in [4.78, 5) is 34.6. The zero-order valence-corrected chi connectivity index (χ0v) is 17.6. The Hall–Kier alpha value is -2.90. The Morgan fingerprint density at radius 1 is 1.30 bits per heavy atom. The summed E-state index contributed by atoms with van der Waals surface area (Å²) in [6.45, 7) is 1.00. The molecule has 0 saturated carbocycles. The summed E-state index contributed by atoms with van der Waals surface area (Å²) in [7, 11) is 0. The first-order valence-electron chi connectivity index (χ1n) is 9.76. The maximum atomic E-state index is 12.7. The normalized spacial score (nSPS) is 16.6. The number of nitrogens with one attached hydrogen (secondary N) is 2. The second-order valence-electron chi connectivity index (χ2n) is 7.47. The SMILES string of the molecule is O=C(Nc1nc2ccccc2s1)C1CC(=O)N(CCc2c[nH]c3ccc(Cl)cc23)C1. The molecule has 0 spiro atoms. The van der Waals surface area contributed by atoms with E-state index >= 15 is 0 Å². The zero-order valence-electron chi connectivity index (χ0n) is 16.0. The molecular formula is C22H19ClN4O2S. The van der Waals surface area contributed by atoms with Gasteiger partial charge in [-0.05, 0) is 42.3 Å². The maximum absolute atomic E-state index is 12.7. The van der Waals surface area contributed by atoms with Gasteiger partial charge in [-0.2, -0.15) is 0 Å². The molecule has 1 aliphatic rings. The fraction of sp³-hybridized carbons (Fsp3) is 0.227. The van der Waals surface area contributed by atoms with Gasteiger partial charge in [-0.25, -0.2) is 4.98 Å². The number of aromatic nitrogens is 2. The van der Waals surface area contributed by atoms with Gasteiger partial charge in [-0.3, -0.25) is 9.59 Å². The molecule has 0 aliphatic carbocycles. The Kier molecular flexibility index (Phi) is 4.92. The highest BCUT2D eigenvalue weighted by molar-refractivity contribution is 7.22. The third kappa shape index (κ3) is 3.66. The Bertz CT molecular complexity index is 1230. The topological polar surface area (TPSA) is 78.1 Å². The average Bonchev–Trinajstić information content (AvgIpc) is 3.42. The Balaban J connectivity index is 1.22. The molecule has 2 amide bonds. The van der Waals surface area contributed by atoms with Crippen molar-refractivity contribution in [1.29, 1.82) is 0 Å². The first-order chi connectivity index (χ1) is 14.6. The first-order valence-corrected chi connectivity index (χ1v) is 11.0. The van der Waals surface area contributed by atoms with Gasteiger partial charge in [0.2, 0.25) is 11.8 Å². The van der Waals surface area contributed by atoms with Gasteiger partial charge in [-0.15, -0.1) is 0 Å². The number of rotatable bonds is 5. The predicted octanol–water partition coefficient (Wildman–Crippen LogP) is 4.46. The number of likely N-dealkylation sites (tertiary alicyclic amines) is 1. The van der Waals surface area contributed by atoms with Gasteiger partial charge in [-0.1, -0.05) is 35.1 Å². The van der Waals surface area contributed by atoms with E-state index < -0.39 is 0 Å². The smallest absolute Gasteiger partial charge is 0.231 e. The molecule has 1 unspecified atom stereocenters. The number of fused-ring (bicyclic) bond motifs is 2. The maximum Gasteiger partial charge on any atom is 0.231 e. The lowest BCUT2D eigenvalue weighted by atomic mass is 10.1. The fourth-order valence-electron chi connectivity index (χ4n) is 3.91. The number of anilines is 1. The van der Waals surface area contributed by atoms with Crippen molar-refractivity contribution in [1.82, 2.24) is 14.9 Å². The molecule has 30 heavy (non-hydrogen) atoms. The summed E-state index contributed by atoms with van der Waals surface area (Å²) in [5.41, 5.74) is 3.00. The highest BCUT2D eigenvalue weighted by atomic mass is 35.5. The van der Waals surface area contributed by atoms with Crippen LogP contribution in [0.15, 0.2) is 48.7 Å². The standard InChI is InChI=1S/C22H19ClN4O2S/c23-15-5-6-17-16(10-15)13(11-24-17)7-8-27-12-14(9-20(27)28)21(29)26-22-25-18-3-1-2-4-19(18)30-22/h1-6,10-11,14,24H,7-9,12H2,(H,25,26,29). The lowest BCUT2D eigenvalue weighted by molar-refractivity contribution is -0.128. The number of hydrogen-bond donors (Lipinski definition) is 2. The molecule has 152 valence electrons. The molecule has 5 rings (SSSR count). The molecular weight excluding hydrogens is 420 g/mol. The highest BCUT2D eigenvalue weighted by Crippen LogP contribution is 2.28. The first kappa shape index (κ1) is 19.1. The number of aromatic amines is 1. The van der Waals surface area contributed by atoms with Crippen LogP contribution in [-0.4, -0.2) is 39.8 Å². The van der Waals surface area contributed by atoms with Crippen LogP contribution in [-0.2, 0) is 16.0 Å². The molecule has 6 nitrogen and oxygen atoms in total. The van der Waals surface area contributed by atoms with E-state index in [0.29, 0.717) is 29.7 Å². The number of benzene rings is 2. The van der Waals surface area contributed by atoms with Crippen molar-refractivity contribution in [3.8, 4) is 0 Å². The monoisotopic (exact) mass is 438 g/mol. The van der Waals surface area contributed by atoms with E-state index in [9.17, 15) is 9.59 Å². The van der Waals surface area contributed by atoms with Crippen molar-refractivity contribution in [3.63, 3.8) is 0 Å². The predicted molar refractivity (Wildman–Crippen MR) is 120 cm³/mol. The Morgan fingerprint density at radius 2 is 2.17 bits per heavy atom. The average molecular weight is 439 g/mol. The van der Waals surface area contributed by atoms with Gasteiger partial charge in [0.15, 0.2) is 5.13 Å². The number of halogens is 1. The third-order valence-electron chi connectivity index (χ3n) is 5.49. The quantitative estimate of drug-likeness (QED) is 0.483. The van der Waals surface area contributed by atoms with E-state index in [1.165, 1.54) is 11.3 Å². The molecule has 4 aromatic rings. The van der Waals surface area contributed by atoms with Gasteiger partial charge in [0.25, 0.3) is 0 Å². The lowest BCUT2D eigenvalue weighted by Gasteiger charge is -2.16. The van der Waals surface area contributed by atoms with Crippen LogP contribution in [0, 0.1) is 5.92 Å². The van der Waals surface area contributed by atoms with Gasteiger partial charge in [0, 0.05) is 41.6 Å². The summed E-state index contributed by atoms with van der Waals surface area (Å²) < 4.78 is 1.02. The van der Waals surface area contributed by atoms with Crippen LogP contribution in [0.2, 0.25) is 5.02 Å². The molecule has 8 heteroatoms. The van der Waals surface area contributed by atoms with E-state index in [1.54, 1.807) is 4.90 Å². The van der Waals surface area contributed by atoms with E-state index in [1.807, 2.05) is 48.7 Å². The summed E-state index contributed by atoms with van der Waals surface area (Å²) in [6, 6.07) is 13.5. The molecule has 1 fully saturated rings. The number of hydrogen-bond acceptors (Lipinski definition) is 4. The van der Waals surface area contributed by atoms with Crippen LogP contribution in [0.1, 0.15) is 12.0 Å². The molecule has 2 aromatic heterocycles. The van der Waals surface area contributed by atoms with Crippen molar-refractivity contribution >= 4 is 61.0 Å². The number of amides is 2. The van der Waals surface area contributed by atoms with Crippen LogP contribution in [0.25, 0.3) is 21.1 Å². The van der Waals surface area contributed by atoms with Gasteiger partial charge >= 0.3 is 0 Å². The van der Waals surface area contributed by atoms with Crippen LogP contribution >= 0.6 is 22.9 Å². The van der Waals surface area contributed by atoms with Crippen molar-refractivity contribution in [3.05, 3.63) is 59.2 Å². The van der Waals surface area contributed by atoms with Crippen molar-refractivity contribution in [2.75, 3.05) is 18.4 Å². The second kappa shape index (κ2) is 7.74. The molecule has 1 atom stereocenters. The minimum absolute atomic E-state index is 0.0114. The van der Waals surface area contributed by atoms with E-state index in [4.69, 9.17) is 11.6 Å². The minimum atomic E-state index is -0.359. The fourth-order valence-corrected chi connectivity index (χ4v) is 4.95. The Morgan fingerprint density at radius 3 is 3.03 bits per heavy atom. The number of carbonyl (C=O) groups excluding carboxylic acids is 2. The molecule has 0 radical (unpaired) electrons. The number of para-hydroxylation sites is 1. The summed E-state index contributed by atoms with van der Waals surface area (Å²) in [5, 5.41) is 5.21. The van der Waals surface area contributed by atoms with Crippen molar-refractivity contribution in [2.45, 2.75) is 12.8 Å². The summed E-state index contributed by atoms with van der Waals surface area (Å²) in [6.07, 6.45) is 2.90. The third-order valence-corrected chi connectivity index (χ3v) is 6.68. The van der Waals surface area contributed by atoms with Crippen LogP contribution in [0.4, 0.5) is 5.13 Å². The molecule has 0 bridgehead atoms. The van der Waals surface area contributed by atoms with E-state index in [0.717, 1.165) is 26.7 Å². The zero-order chi connectivity index (χ0) is 20.7. The lowest BCUT2D eigenvalue weighted by Crippen LogP contribution is -2.29. The number of carbonyl (C=O) groups is 2. The van der Waals surface area contributed by atoms with E-state index in [2.05, 4.69) is 15.3 Å². The molecule has 1 saturated heterocycles. The Labute approximate surface area is 181 Å². The number of H-pyrrole nitrogens is 1. The van der Waals surface area contributed by atoms with Crippen LogP contribution < -0.4 is 5.32 Å². The van der Waals surface area contributed by atoms with Crippen molar-refractivity contribution < 1.29 is 9.59 Å². The summed E-state index contributed by atoms with van der Waals surface area (Å²) in [5.74, 6) is -0.497. The number of nitrogens with zero attached hydrogens (tertiary/aromatic N) is 2. The van der Waals surface area contributed by atoms with Crippen LogP contribution in [0.3, 0.4) is 0 Å². The van der Waals surface area contributed by atoms with Gasteiger partial charge < -0.3 is 15.2 Å². The number of thiazole rings is 1. The van der Waals surface area contributed by atoms with Gasteiger partial charge in [0.1, 0.15) is 0 Å². The van der Waals surface area contributed by atoms with Gasteiger partial charge in [0.05, 0.1) is 16.1 Å². The summed E-state index contributed by atoms with van der Waals surface area (Å²) >= 11 is 7.56. The molecule has 2 N–H and O–H groups in total. The largest absolute Gasteiger partial charge is 0.361 e. The molecule has 2 aromatic carbocycles. The minimum Gasteiger partial charge on any atom is -0.361 e. The highest BCUT2D eigenvalue weighted by Gasteiger charge is 2.34.